The lowest BCUT2D eigenvalue weighted by Crippen LogP contribution is -2.19. The van der Waals surface area contributed by atoms with Gasteiger partial charge >= 0.3 is 0 Å². The van der Waals surface area contributed by atoms with E-state index in [-0.39, 0.29) is 22.3 Å². The summed E-state index contributed by atoms with van der Waals surface area (Å²) in [5.41, 5.74) is 2.54. The second-order valence-corrected chi connectivity index (χ2v) is 6.11. The first-order chi connectivity index (χ1) is 9.21. The Balaban J connectivity index is 2.51. The molecule has 4 nitrogen and oxygen atoms in total. The van der Waals surface area contributed by atoms with E-state index in [0.29, 0.717) is 5.69 Å². The number of H-pyrrole nitrogens is 1. The first-order valence-electron chi connectivity index (χ1n) is 6.65. The monoisotopic (exact) mass is 272 g/mol. The number of aromatic amines is 1. The molecule has 0 aliphatic heterocycles. The first kappa shape index (κ1) is 14.3. The maximum absolute atomic E-state index is 12.2. The van der Waals surface area contributed by atoms with Gasteiger partial charge in [-0.2, -0.15) is 0 Å². The molecule has 4 heteroatoms. The highest BCUT2D eigenvalue weighted by molar-refractivity contribution is 5.94. The Morgan fingerprint density at radius 2 is 1.70 bits per heavy atom. The van der Waals surface area contributed by atoms with Gasteiger partial charge in [0.05, 0.1) is 5.69 Å². The highest BCUT2D eigenvalue weighted by atomic mass is 16.2. The van der Waals surface area contributed by atoms with Crippen LogP contribution >= 0.6 is 0 Å². The number of aryl methyl sites for hydroxylation is 1. The molecule has 0 spiro atoms. The van der Waals surface area contributed by atoms with Crippen molar-refractivity contribution in [3.8, 4) is 5.69 Å². The molecule has 0 fully saturated rings. The van der Waals surface area contributed by atoms with Gasteiger partial charge in [0, 0.05) is 5.69 Å². The van der Waals surface area contributed by atoms with Crippen molar-refractivity contribution in [2.75, 3.05) is 0 Å². The number of nitrogens with zero attached hydrogens (tertiary/aromatic N) is 1. The fraction of sp³-hybridized carbons (Fsp3) is 0.375. The van der Waals surface area contributed by atoms with E-state index in [0.717, 1.165) is 5.69 Å². The summed E-state index contributed by atoms with van der Waals surface area (Å²) in [6, 6.07) is 7.79. The lowest BCUT2D eigenvalue weighted by molar-refractivity contribution is 0.101. The van der Waals surface area contributed by atoms with Gasteiger partial charge in [-0.25, -0.2) is 4.68 Å². The zero-order valence-electron chi connectivity index (χ0n) is 12.6. The lowest BCUT2D eigenvalue weighted by atomic mass is 9.87. The normalized spacial score (nSPS) is 11.7. The van der Waals surface area contributed by atoms with E-state index in [1.807, 2.05) is 24.3 Å². The van der Waals surface area contributed by atoms with Crippen molar-refractivity contribution in [3.05, 3.63) is 51.4 Å². The van der Waals surface area contributed by atoms with Gasteiger partial charge in [-0.05, 0) is 37.0 Å². The average Bonchev–Trinajstić information content (AvgIpc) is 2.64. The number of Topliss-reactive ketones (excluding diaryl/α,β-unsaturated/α-hetero) is 1. The Morgan fingerprint density at radius 1 is 1.15 bits per heavy atom. The molecule has 0 aliphatic carbocycles. The van der Waals surface area contributed by atoms with Gasteiger partial charge in [-0.3, -0.25) is 14.7 Å². The molecule has 0 radical (unpaired) electrons. The van der Waals surface area contributed by atoms with Gasteiger partial charge in [0.1, 0.15) is 5.56 Å². The average molecular weight is 272 g/mol. The van der Waals surface area contributed by atoms with Gasteiger partial charge in [0.15, 0.2) is 5.78 Å². The highest BCUT2D eigenvalue weighted by Gasteiger charge is 2.17. The number of benzene rings is 1. The molecule has 0 aliphatic rings. The summed E-state index contributed by atoms with van der Waals surface area (Å²) < 4.78 is 1.42. The number of hydrogen-bond acceptors (Lipinski definition) is 2. The predicted octanol–water partition coefficient (Wildman–Crippen LogP) is 2.97. The van der Waals surface area contributed by atoms with Crippen molar-refractivity contribution < 1.29 is 4.79 Å². The van der Waals surface area contributed by atoms with Crippen LogP contribution in [0.4, 0.5) is 0 Å². The highest BCUT2D eigenvalue weighted by Crippen LogP contribution is 2.22. The fourth-order valence-corrected chi connectivity index (χ4v) is 2.25. The number of hydrogen-bond donors (Lipinski definition) is 1. The zero-order valence-corrected chi connectivity index (χ0v) is 12.6. The number of ketones is 1. The van der Waals surface area contributed by atoms with E-state index in [1.54, 1.807) is 6.92 Å². The minimum absolute atomic E-state index is 0.0691. The van der Waals surface area contributed by atoms with Gasteiger partial charge in [0.25, 0.3) is 5.56 Å². The Labute approximate surface area is 118 Å². The SMILES string of the molecule is CC(=O)c1c(C)[nH]n(-c2ccc(C(C)(C)C)cc2)c1=O. The fourth-order valence-electron chi connectivity index (χ4n) is 2.25. The topological polar surface area (TPSA) is 54.9 Å². The van der Waals surface area contributed by atoms with E-state index in [1.165, 1.54) is 17.2 Å². The molecular formula is C16H20N2O2. The van der Waals surface area contributed by atoms with Crippen molar-refractivity contribution in [1.29, 1.82) is 0 Å². The van der Waals surface area contributed by atoms with Gasteiger partial charge < -0.3 is 0 Å². The second kappa shape index (κ2) is 4.78. The number of rotatable bonds is 2. The van der Waals surface area contributed by atoms with Crippen molar-refractivity contribution >= 4 is 5.78 Å². The third-order valence-electron chi connectivity index (χ3n) is 3.42. The van der Waals surface area contributed by atoms with Crippen LogP contribution in [0.2, 0.25) is 0 Å². The summed E-state index contributed by atoms with van der Waals surface area (Å²) >= 11 is 0. The van der Waals surface area contributed by atoms with Gasteiger partial charge in [-0.1, -0.05) is 32.9 Å². The van der Waals surface area contributed by atoms with E-state index in [4.69, 9.17) is 0 Å². The Kier molecular flexibility index (Phi) is 3.42. The Hall–Kier alpha value is -2.10. The van der Waals surface area contributed by atoms with Crippen LogP contribution in [-0.2, 0) is 5.41 Å². The minimum atomic E-state index is -0.293. The minimum Gasteiger partial charge on any atom is -0.295 e. The molecule has 106 valence electrons. The molecule has 2 rings (SSSR count). The van der Waals surface area contributed by atoms with Crippen molar-refractivity contribution in [2.45, 2.75) is 40.0 Å². The van der Waals surface area contributed by atoms with E-state index in [9.17, 15) is 9.59 Å². The van der Waals surface area contributed by atoms with Crippen molar-refractivity contribution in [3.63, 3.8) is 0 Å². The van der Waals surface area contributed by atoms with Crippen LogP contribution in [0.15, 0.2) is 29.1 Å². The number of carbonyl (C=O) groups is 1. The molecule has 2 aromatic rings. The largest absolute Gasteiger partial charge is 0.295 e. The summed E-state index contributed by atoms with van der Waals surface area (Å²) in [7, 11) is 0. The Morgan fingerprint density at radius 3 is 2.10 bits per heavy atom. The van der Waals surface area contributed by atoms with Crippen molar-refractivity contribution in [2.24, 2.45) is 0 Å². The molecule has 0 atom stereocenters. The molecule has 0 unspecified atom stereocenters. The van der Waals surface area contributed by atoms with Crippen LogP contribution in [0.3, 0.4) is 0 Å². The van der Waals surface area contributed by atoms with Crippen LogP contribution in [0, 0.1) is 6.92 Å². The van der Waals surface area contributed by atoms with Gasteiger partial charge in [0.2, 0.25) is 0 Å². The molecule has 1 aromatic carbocycles. The van der Waals surface area contributed by atoms with E-state index < -0.39 is 0 Å². The summed E-state index contributed by atoms with van der Waals surface area (Å²) in [5.74, 6) is -0.214. The van der Waals surface area contributed by atoms with Crippen LogP contribution in [-0.4, -0.2) is 15.6 Å². The van der Waals surface area contributed by atoms with Crippen LogP contribution in [0.5, 0.6) is 0 Å². The molecule has 1 heterocycles. The molecule has 1 aromatic heterocycles. The standard InChI is InChI=1S/C16H20N2O2/c1-10-14(11(2)19)15(20)18(17-10)13-8-6-12(7-9-13)16(3,4)5/h6-9,17H,1-5H3. The molecule has 0 saturated heterocycles. The second-order valence-electron chi connectivity index (χ2n) is 6.11. The number of carbonyl (C=O) groups excluding carboxylic acids is 1. The lowest BCUT2D eigenvalue weighted by Gasteiger charge is -2.19. The molecule has 1 N–H and O–H groups in total. The van der Waals surface area contributed by atoms with Crippen molar-refractivity contribution in [1.82, 2.24) is 9.78 Å². The summed E-state index contributed by atoms with van der Waals surface area (Å²) in [5, 5.41) is 2.95. The summed E-state index contributed by atoms with van der Waals surface area (Å²) in [4.78, 5) is 23.7. The molecule has 0 bridgehead atoms. The van der Waals surface area contributed by atoms with Gasteiger partial charge in [-0.15, -0.1) is 0 Å². The maximum Gasteiger partial charge on any atom is 0.282 e. The quantitative estimate of drug-likeness (QED) is 0.854. The predicted molar refractivity (Wildman–Crippen MR) is 79.8 cm³/mol. The van der Waals surface area contributed by atoms with Crippen LogP contribution in [0.25, 0.3) is 5.69 Å². The molecule has 0 amide bonds. The maximum atomic E-state index is 12.2. The molecule has 0 saturated carbocycles. The smallest absolute Gasteiger partial charge is 0.282 e. The number of aromatic nitrogens is 2. The van der Waals surface area contributed by atoms with Crippen LogP contribution in [0.1, 0.15) is 49.3 Å². The van der Waals surface area contributed by atoms with E-state index >= 15 is 0 Å². The van der Waals surface area contributed by atoms with Crippen LogP contribution < -0.4 is 5.56 Å². The van der Waals surface area contributed by atoms with E-state index in [2.05, 4.69) is 25.9 Å². The first-order valence-corrected chi connectivity index (χ1v) is 6.65. The zero-order chi connectivity index (χ0) is 15.1. The summed E-state index contributed by atoms with van der Waals surface area (Å²) in [6.07, 6.45) is 0. The third-order valence-corrected chi connectivity index (χ3v) is 3.42. The Bertz CT molecular complexity index is 698. The third kappa shape index (κ3) is 2.46. The summed E-state index contributed by atoms with van der Waals surface area (Å²) in [6.45, 7) is 9.56. The molecule has 20 heavy (non-hydrogen) atoms. The molecular weight excluding hydrogens is 252 g/mol. The number of nitrogens with one attached hydrogen (secondary N) is 1.